The lowest BCUT2D eigenvalue weighted by Crippen LogP contribution is -2.18. The fraction of sp³-hybridized carbons (Fsp3) is 0.500. The minimum Gasteiger partial charge on any atom is -0.488 e. The standard InChI is InChI=1S/C12H16O4/c1-9(13)10-3-2-4-11(7-10)16-8-12-14-5-6-15-12/h2-4,7,9,12-13H,5-6,8H2,1H3. The molecule has 1 aliphatic rings. The lowest BCUT2D eigenvalue weighted by Gasteiger charge is -2.12. The van der Waals surface area contributed by atoms with Crippen molar-refractivity contribution in [1.82, 2.24) is 0 Å². The number of ether oxygens (including phenoxy) is 3. The number of aliphatic hydroxyl groups excluding tert-OH is 1. The second-order valence-electron chi connectivity index (χ2n) is 3.73. The Kier molecular flexibility index (Phi) is 3.77. The van der Waals surface area contributed by atoms with Crippen LogP contribution < -0.4 is 4.74 Å². The minimum atomic E-state index is -0.484. The third-order valence-corrected chi connectivity index (χ3v) is 2.42. The van der Waals surface area contributed by atoms with Crippen molar-refractivity contribution in [2.45, 2.75) is 19.3 Å². The van der Waals surface area contributed by atoms with E-state index in [4.69, 9.17) is 14.2 Å². The Morgan fingerprint density at radius 2 is 2.19 bits per heavy atom. The molecule has 1 aromatic rings. The molecule has 1 fully saturated rings. The average molecular weight is 224 g/mol. The van der Waals surface area contributed by atoms with Gasteiger partial charge in [0, 0.05) is 0 Å². The number of hydrogen-bond acceptors (Lipinski definition) is 4. The molecule has 0 bridgehead atoms. The fourth-order valence-corrected chi connectivity index (χ4v) is 1.53. The highest BCUT2D eigenvalue weighted by Crippen LogP contribution is 2.19. The van der Waals surface area contributed by atoms with E-state index in [-0.39, 0.29) is 6.29 Å². The van der Waals surface area contributed by atoms with Crippen LogP contribution in [0, 0.1) is 0 Å². The van der Waals surface area contributed by atoms with E-state index in [2.05, 4.69) is 0 Å². The Labute approximate surface area is 94.8 Å². The van der Waals surface area contributed by atoms with Crippen LogP contribution in [0.25, 0.3) is 0 Å². The van der Waals surface area contributed by atoms with Crippen LogP contribution in [0.3, 0.4) is 0 Å². The fourth-order valence-electron chi connectivity index (χ4n) is 1.53. The van der Waals surface area contributed by atoms with E-state index < -0.39 is 6.10 Å². The molecular weight excluding hydrogens is 208 g/mol. The summed E-state index contributed by atoms with van der Waals surface area (Å²) >= 11 is 0. The van der Waals surface area contributed by atoms with E-state index in [1.807, 2.05) is 24.3 Å². The molecule has 1 heterocycles. The van der Waals surface area contributed by atoms with Gasteiger partial charge in [-0.1, -0.05) is 12.1 Å². The van der Waals surface area contributed by atoms with Crippen molar-refractivity contribution in [2.24, 2.45) is 0 Å². The third kappa shape index (κ3) is 2.95. The quantitative estimate of drug-likeness (QED) is 0.841. The summed E-state index contributed by atoms with van der Waals surface area (Å²) in [6.07, 6.45) is -0.752. The molecule has 1 N–H and O–H groups in total. The van der Waals surface area contributed by atoms with Gasteiger partial charge in [0.2, 0.25) is 0 Å². The maximum atomic E-state index is 9.42. The molecule has 0 saturated carbocycles. The number of hydrogen-bond donors (Lipinski definition) is 1. The molecule has 0 spiro atoms. The van der Waals surface area contributed by atoms with Gasteiger partial charge in [-0.05, 0) is 24.6 Å². The van der Waals surface area contributed by atoms with E-state index in [1.165, 1.54) is 0 Å². The summed E-state index contributed by atoms with van der Waals surface area (Å²) in [6, 6.07) is 7.38. The molecule has 0 radical (unpaired) electrons. The van der Waals surface area contributed by atoms with Crippen LogP contribution >= 0.6 is 0 Å². The molecule has 4 heteroatoms. The first kappa shape index (κ1) is 11.4. The molecule has 0 amide bonds. The van der Waals surface area contributed by atoms with Crippen molar-refractivity contribution in [3.05, 3.63) is 29.8 Å². The van der Waals surface area contributed by atoms with Crippen molar-refractivity contribution in [1.29, 1.82) is 0 Å². The van der Waals surface area contributed by atoms with Gasteiger partial charge in [-0.25, -0.2) is 0 Å². The van der Waals surface area contributed by atoms with Crippen LogP contribution in [-0.2, 0) is 9.47 Å². The van der Waals surface area contributed by atoms with Crippen LogP contribution in [0.1, 0.15) is 18.6 Å². The smallest absolute Gasteiger partial charge is 0.191 e. The van der Waals surface area contributed by atoms with Gasteiger partial charge in [-0.2, -0.15) is 0 Å². The van der Waals surface area contributed by atoms with Gasteiger partial charge in [-0.15, -0.1) is 0 Å². The molecule has 2 rings (SSSR count). The molecule has 4 nitrogen and oxygen atoms in total. The zero-order chi connectivity index (χ0) is 11.4. The largest absolute Gasteiger partial charge is 0.488 e. The molecule has 1 unspecified atom stereocenters. The maximum absolute atomic E-state index is 9.42. The highest BCUT2D eigenvalue weighted by molar-refractivity contribution is 5.29. The van der Waals surface area contributed by atoms with Gasteiger partial charge in [0.05, 0.1) is 19.3 Å². The van der Waals surface area contributed by atoms with Gasteiger partial charge >= 0.3 is 0 Å². The summed E-state index contributed by atoms with van der Waals surface area (Å²) in [7, 11) is 0. The topological polar surface area (TPSA) is 47.9 Å². The second-order valence-corrected chi connectivity index (χ2v) is 3.73. The molecule has 1 aliphatic heterocycles. The summed E-state index contributed by atoms with van der Waals surface area (Å²) in [6.45, 7) is 3.36. The van der Waals surface area contributed by atoms with Crippen LogP contribution in [0.15, 0.2) is 24.3 Å². The average Bonchev–Trinajstić information content (AvgIpc) is 2.79. The Morgan fingerprint density at radius 3 is 2.88 bits per heavy atom. The molecule has 16 heavy (non-hydrogen) atoms. The zero-order valence-corrected chi connectivity index (χ0v) is 9.26. The predicted octanol–water partition coefficient (Wildman–Crippen LogP) is 1.49. The number of rotatable bonds is 4. The predicted molar refractivity (Wildman–Crippen MR) is 58.3 cm³/mol. The van der Waals surface area contributed by atoms with Crippen LogP contribution in [0.5, 0.6) is 5.75 Å². The summed E-state index contributed by atoms with van der Waals surface area (Å²) in [5.41, 5.74) is 0.839. The zero-order valence-electron chi connectivity index (χ0n) is 9.26. The van der Waals surface area contributed by atoms with Gasteiger partial charge in [0.15, 0.2) is 6.29 Å². The van der Waals surface area contributed by atoms with Gasteiger partial charge in [0.25, 0.3) is 0 Å². The van der Waals surface area contributed by atoms with Crippen molar-refractivity contribution in [2.75, 3.05) is 19.8 Å². The summed E-state index contributed by atoms with van der Waals surface area (Å²) < 4.78 is 16.0. The van der Waals surface area contributed by atoms with Crippen molar-refractivity contribution in [3.8, 4) is 5.75 Å². The highest BCUT2D eigenvalue weighted by atomic mass is 16.7. The Hall–Kier alpha value is -1.10. The first-order chi connectivity index (χ1) is 7.75. The SMILES string of the molecule is CC(O)c1cccc(OCC2OCCO2)c1. The molecule has 1 aromatic carbocycles. The van der Waals surface area contributed by atoms with E-state index in [1.54, 1.807) is 6.92 Å². The maximum Gasteiger partial charge on any atom is 0.191 e. The Balaban J connectivity index is 1.90. The normalized spacial score (nSPS) is 18.6. The molecular formula is C12H16O4. The molecule has 0 aliphatic carbocycles. The first-order valence-electron chi connectivity index (χ1n) is 5.40. The van der Waals surface area contributed by atoms with Gasteiger partial charge < -0.3 is 19.3 Å². The van der Waals surface area contributed by atoms with Crippen molar-refractivity contribution in [3.63, 3.8) is 0 Å². The first-order valence-corrected chi connectivity index (χ1v) is 5.40. The van der Waals surface area contributed by atoms with Crippen LogP contribution in [0.2, 0.25) is 0 Å². The van der Waals surface area contributed by atoms with E-state index in [0.717, 1.165) is 11.3 Å². The summed E-state index contributed by atoms with van der Waals surface area (Å²) in [4.78, 5) is 0. The lowest BCUT2D eigenvalue weighted by atomic mass is 10.1. The lowest BCUT2D eigenvalue weighted by molar-refractivity contribution is -0.0684. The van der Waals surface area contributed by atoms with E-state index in [9.17, 15) is 5.11 Å². The molecule has 1 saturated heterocycles. The van der Waals surface area contributed by atoms with Crippen molar-refractivity contribution >= 4 is 0 Å². The van der Waals surface area contributed by atoms with Crippen molar-refractivity contribution < 1.29 is 19.3 Å². The Morgan fingerprint density at radius 1 is 1.44 bits per heavy atom. The van der Waals surface area contributed by atoms with Gasteiger partial charge in [-0.3, -0.25) is 0 Å². The van der Waals surface area contributed by atoms with Crippen LogP contribution in [-0.4, -0.2) is 31.2 Å². The summed E-state index contributed by atoms with van der Waals surface area (Å²) in [5, 5.41) is 9.42. The second kappa shape index (κ2) is 5.30. The Bertz CT molecular complexity index is 332. The van der Waals surface area contributed by atoms with E-state index >= 15 is 0 Å². The third-order valence-electron chi connectivity index (χ3n) is 2.42. The van der Waals surface area contributed by atoms with E-state index in [0.29, 0.717) is 19.8 Å². The van der Waals surface area contributed by atoms with Gasteiger partial charge in [0.1, 0.15) is 12.4 Å². The number of aliphatic hydroxyl groups is 1. The minimum absolute atomic E-state index is 0.268. The molecule has 1 atom stereocenters. The van der Waals surface area contributed by atoms with Crippen LogP contribution in [0.4, 0.5) is 0 Å². The highest BCUT2D eigenvalue weighted by Gasteiger charge is 2.16. The number of benzene rings is 1. The molecule has 0 aromatic heterocycles. The molecule has 88 valence electrons. The summed E-state index contributed by atoms with van der Waals surface area (Å²) in [5.74, 6) is 0.720. The monoisotopic (exact) mass is 224 g/mol.